The summed E-state index contributed by atoms with van der Waals surface area (Å²) in [5, 5.41) is 0.318. The van der Waals surface area contributed by atoms with E-state index in [2.05, 4.69) is 23.6 Å². The standard InChI is InChI=1S/C13H18Cl2N2O2/c1-3-17(4-2)7-8-19-13(18)11-6-5-10(16-15)9-12(11)14/h5-6,9,16H,3-4,7-8H2,1-2H3. The van der Waals surface area contributed by atoms with E-state index in [4.69, 9.17) is 28.1 Å². The average Bonchev–Trinajstić information content (AvgIpc) is 2.43. The Labute approximate surface area is 123 Å². The third-order valence-electron chi connectivity index (χ3n) is 2.83. The molecule has 0 atom stereocenters. The Kier molecular flexibility index (Phi) is 6.99. The van der Waals surface area contributed by atoms with Crippen LogP contribution in [0, 0.1) is 0 Å². The van der Waals surface area contributed by atoms with Gasteiger partial charge in [0.05, 0.1) is 16.3 Å². The number of benzene rings is 1. The first-order valence-electron chi connectivity index (χ1n) is 6.18. The topological polar surface area (TPSA) is 41.6 Å². The molecule has 1 aromatic rings. The highest BCUT2D eigenvalue weighted by atomic mass is 35.5. The molecule has 1 aromatic carbocycles. The van der Waals surface area contributed by atoms with Gasteiger partial charge >= 0.3 is 5.97 Å². The molecule has 1 rings (SSSR count). The molecule has 0 amide bonds. The molecule has 0 bridgehead atoms. The minimum Gasteiger partial charge on any atom is -0.461 e. The molecule has 6 heteroatoms. The van der Waals surface area contributed by atoms with Crippen LogP contribution in [0.1, 0.15) is 24.2 Å². The number of hydrogen-bond donors (Lipinski definition) is 1. The molecule has 0 aromatic heterocycles. The molecule has 1 N–H and O–H groups in total. The Bertz CT molecular complexity index is 423. The molecule has 4 nitrogen and oxygen atoms in total. The number of rotatable bonds is 7. The van der Waals surface area contributed by atoms with Crippen molar-refractivity contribution < 1.29 is 9.53 Å². The van der Waals surface area contributed by atoms with Crippen LogP contribution in [0.4, 0.5) is 5.69 Å². The molecule has 0 heterocycles. The summed E-state index contributed by atoms with van der Waals surface area (Å²) >= 11 is 11.4. The van der Waals surface area contributed by atoms with Crippen molar-refractivity contribution in [2.45, 2.75) is 13.8 Å². The lowest BCUT2D eigenvalue weighted by Crippen LogP contribution is -2.27. The highest BCUT2D eigenvalue weighted by Crippen LogP contribution is 2.22. The minimum atomic E-state index is -0.418. The second-order valence-corrected chi connectivity index (χ2v) is 4.55. The van der Waals surface area contributed by atoms with Crippen molar-refractivity contribution in [3.8, 4) is 0 Å². The van der Waals surface area contributed by atoms with Crippen molar-refractivity contribution in [2.24, 2.45) is 0 Å². The normalized spacial score (nSPS) is 10.6. The van der Waals surface area contributed by atoms with E-state index in [1.54, 1.807) is 18.2 Å². The maximum absolute atomic E-state index is 11.8. The highest BCUT2D eigenvalue weighted by molar-refractivity contribution is 6.34. The van der Waals surface area contributed by atoms with E-state index in [0.29, 0.717) is 22.9 Å². The molecule has 0 spiro atoms. The predicted octanol–water partition coefficient (Wildman–Crippen LogP) is 3.40. The van der Waals surface area contributed by atoms with Gasteiger partial charge in [0.15, 0.2) is 0 Å². The number of hydrogen-bond acceptors (Lipinski definition) is 4. The zero-order valence-electron chi connectivity index (χ0n) is 11.1. The van der Waals surface area contributed by atoms with E-state index in [1.807, 2.05) is 0 Å². The molecule has 0 unspecified atom stereocenters. The Hall–Kier alpha value is -0.970. The largest absolute Gasteiger partial charge is 0.461 e. The third kappa shape index (κ3) is 4.90. The van der Waals surface area contributed by atoms with E-state index in [9.17, 15) is 4.79 Å². The van der Waals surface area contributed by atoms with E-state index in [0.717, 1.165) is 19.6 Å². The van der Waals surface area contributed by atoms with Crippen LogP contribution in [0.2, 0.25) is 5.02 Å². The first-order chi connectivity index (χ1) is 9.12. The number of nitrogens with one attached hydrogen (secondary N) is 1. The summed E-state index contributed by atoms with van der Waals surface area (Å²) in [6, 6.07) is 4.84. The summed E-state index contributed by atoms with van der Waals surface area (Å²) in [5.74, 6) is -0.418. The Balaban J connectivity index is 2.54. The van der Waals surface area contributed by atoms with Gasteiger partial charge in [0.1, 0.15) is 6.61 Å². The molecule has 0 aliphatic carbocycles. The van der Waals surface area contributed by atoms with Gasteiger partial charge in [-0.05, 0) is 31.3 Å². The number of carbonyl (C=O) groups is 1. The lowest BCUT2D eigenvalue weighted by Gasteiger charge is -2.17. The van der Waals surface area contributed by atoms with Crippen LogP contribution >= 0.6 is 23.4 Å². The SMILES string of the molecule is CCN(CC)CCOC(=O)c1ccc(NCl)cc1Cl. The summed E-state index contributed by atoms with van der Waals surface area (Å²) in [6.45, 7) is 7.08. The van der Waals surface area contributed by atoms with Crippen LogP contribution in [0.25, 0.3) is 0 Å². The molecule has 0 saturated heterocycles. The maximum atomic E-state index is 11.8. The number of anilines is 1. The number of halogens is 2. The fourth-order valence-electron chi connectivity index (χ4n) is 1.62. The van der Waals surface area contributed by atoms with E-state index >= 15 is 0 Å². The molecule has 0 fully saturated rings. The van der Waals surface area contributed by atoms with Gasteiger partial charge in [-0.2, -0.15) is 0 Å². The lowest BCUT2D eigenvalue weighted by atomic mass is 10.2. The number of likely N-dealkylation sites (N-methyl/N-ethyl adjacent to an activating group) is 1. The summed E-state index contributed by atoms with van der Waals surface area (Å²) in [5.41, 5.74) is 0.975. The number of nitrogens with zero attached hydrogens (tertiary/aromatic N) is 1. The van der Waals surface area contributed by atoms with Crippen LogP contribution in [-0.2, 0) is 4.74 Å². The van der Waals surface area contributed by atoms with Crippen LogP contribution in [0.5, 0.6) is 0 Å². The minimum absolute atomic E-state index is 0.318. The Morgan fingerprint density at radius 1 is 1.37 bits per heavy atom. The second kappa shape index (κ2) is 8.25. The van der Waals surface area contributed by atoms with Crippen LogP contribution < -0.4 is 4.84 Å². The molecule has 0 aliphatic heterocycles. The second-order valence-electron chi connectivity index (χ2n) is 3.95. The van der Waals surface area contributed by atoms with Gasteiger partial charge in [0, 0.05) is 18.3 Å². The van der Waals surface area contributed by atoms with E-state index in [1.165, 1.54) is 0 Å². The van der Waals surface area contributed by atoms with Gasteiger partial charge in [-0.15, -0.1) is 0 Å². The van der Waals surface area contributed by atoms with Crippen molar-refractivity contribution in [3.63, 3.8) is 0 Å². The fraction of sp³-hybridized carbons (Fsp3) is 0.462. The summed E-state index contributed by atoms with van der Waals surface area (Å²) in [7, 11) is 0. The van der Waals surface area contributed by atoms with Crippen LogP contribution in [0.3, 0.4) is 0 Å². The van der Waals surface area contributed by atoms with Crippen LogP contribution in [0.15, 0.2) is 18.2 Å². The average molecular weight is 305 g/mol. The number of carbonyl (C=O) groups excluding carboxylic acids is 1. The van der Waals surface area contributed by atoms with Crippen molar-refractivity contribution >= 4 is 35.0 Å². The van der Waals surface area contributed by atoms with Crippen molar-refractivity contribution in [2.75, 3.05) is 31.1 Å². The van der Waals surface area contributed by atoms with Crippen molar-refractivity contribution in [3.05, 3.63) is 28.8 Å². The molecular formula is C13H18Cl2N2O2. The number of ether oxygens (including phenoxy) is 1. The van der Waals surface area contributed by atoms with Gasteiger partial charge in [-0.1, -0.05) is 25.4 Å². The zero-order valence-corrected chi connectivity index (χ0v) is 12.6. The molecule has 0 aliphatic rings. The lowest BCUT2D eigenvalue weighted by molar-refractivity contribution is 0.0466. The van der Waals surface area contributed by atoms with Crippen molar-refractivity contribution in [1.82, 2.24) is 4.90 Å². The van der Waals surface area contributed by atoms with E-state index in [-0.39, 0.29) is 0 Å². The quantitative estimate of drug-likeness (QED) is 0.619. The fourth-order valence-corrected chi connectivity index (χ4v) is 2.00. The van der Waals surface area contributed by atoms with Gasteiger partial charge in [-0.25, -0.2) is 4.79 Å². The highest BCUT2D eigenvalue weighted by Gasteiger charge is 2.12. The van der Waals surface area contributed by atoms with Gasteiger partial charge in [0.25, 0.3) is 0 Å². The number of esters is 1. The van der Waals surface area contributed by atoms with Gasteiger partial charge in [0.2, 0.25) is 0 Å². The third-order valence-corrected chi connectivity index (χ3v) is 3.36. The summed E-state index contributed by atoms with van der Waals surface area (Å²) in [4.78, 5) is 16.5. The summed E-state index contributed by atoms with van der Waals surface area (Å²) in [6.07, 6.45) is 0. The van der Waals surface area contributed by atoms with E-state index < -0.39 is 5.97 Å². The molecule has 106 valence electrons. The molecule has 0 radical (unpaired) electrons. The molecule has 19 heavy (non-hydrogen) atoms. The first-order valence-corrected chi connectivity index (χ1v) is 6.93. The van der Waals surface area contributed by atoms with Gasteiger partial charge < -0.3 is 9.64 Å². The maximum Gasteiger partial charge on any atom is 0.339 e. The predicted molar refractivity (Wildman–Crippen MR) is 79.0 cm³/mol. The zero-order chi connectivity index (χ0) is 14.3. The molecule has 0 saturated carbocycles. The monoisotopic (exact) mass is 304 g/mol. The van der Waals surface area contributed by atoms with Crippen molar-refractivity contribution in [1.29, 1.82) is 0 Å². The first kappa shape index (κ1) is 16.1. The summed E-state index contributed by atoms with van der Waals surface area (Å²) < 4.78 is 5.20. The Morgan fingerprint density at radius 2 is 2.05 bits per heavy atom. The molecular weight excluding hydrogens is 287 g/mol. The Morgan fingerprint density at radius 3 is 2.58 bits per heavy atom. The van der Waals surface area contributed by atoms with Gasteiger partial charge in [-0.3, -0.25) is 4.84 Å². The smallest absolute Gasteiger partial charge is 0.339 e. The van der Waals surface area contributed by atoms with Crippen LogP contribution in [-0.4, -0.2) is 37.1 Å².